The molecule has 0 bridgehead atoms. The number of anilines is 2. The van der Waals surface area contributed by atoms with Crippen LogP contribution in [0.4, 0.5) is 11.5 Å². The number of nitrogens with zero attached hydrogens (tertiary/aromatic N) is 4. The molecule has 1 saturated heterocycles. The van der Waals surface area contributed by atoms with Crippen molar-refractivity contribution in [2.24, 2.45) is 0 Å². The van der Waals surface area contributed by atoms with Gasteiger partial charge in [0.15, 0.2) is 11.5 Å². The predicted octanol–water partition coefficient (Wildman–Crippen LogP) is 3.44. The molecule has 1 aliphatic rings. The standard InChI is InChI=1S/C27H33N5O6S/c1-4-36-23-17-20(18-24(37-5-2)26(23)38-6-3)27(33)30-21-7-9-22(10-8-21)39(34,35)32-15-13-31(14-16-32)25-19-28-11-12-29-25/h7-12,17-19H,4-6,13-16H2,1-3H3,(H,30,33). The zero-order chi connectivity index (χ0) is 27.8. The number of sulfonamides is 1. The third-order valence-electron chi connectivity index (χ3n) is 6.03. The molecule has 1 N–H and O–H groups in total. The summed E-state index contributed by atoms with van der Waals surface area (Å²) in [6.07, 6.45) is 4.88. The number of nitrogens with one attached hydrogen (secondary N) is 1. The number of benzene rings is 2. The molecule has 11 nitrogen and oxygen atoms in total. The maximum atomic E-state index is 13.2. The third-order valence-corrected chi connectivity index (χ3v) is 7.95. The Morgan fingerprint density at radius 2 is 1.51 bits per heavy atom. The van der Waals surface area contributed by atoms with Crippen LogP contribution in [-0.4, -0.2) is 74.6 Å². The van der Waals surface area contributed by atoms with E-state index < -0.39 is 15.9 Å². The van der Waals surface area contributed by atoms with Crippen molar-refractivity contribution in [2.45, 2.75) is 25.7 Å². The van der Waals surface area contributed by atoms with Crippen molar-refractivity contribution in [3.63, 3.8) is 0 Å². The minimum absolute atomic E-state index is 0.159. The van der Waals surface area contributed by atoms with Crippen LogP contribution < -0.4 is 24.4 Å². The number of hydrogen-bond donors (Lipinski definition) is 1. The Kier molecular flexibility index (Phi) is 9.20. The Balaban J connectivity index is 1.45. The highest BCUT2D eigenvalue weighted by Crippen LogP contribution is 2.39. The molecule has 0 radical (unpaired) electrons. The van der Waals surface area contributed by atoms with Gasteiger partial charge in [-0.1, -0.05) is 0 Å². The summed E-state index contributed by atoms with van der Waals surface area (Å²) in [5.74, 6) is 1.61. The average molecular weight is 556 g/mol. The zero-order valence-corrected chi connectivity index (χ0v) is 23.1. The lowest BCUT2D eigenvalue weighted by atomic mass is 10.1. The Morgan fingerprint density at radius 3 is 2.05 bits per heavy atom. The van der Waals surface area contributed by atoms with Crippen LogP contribution in [0, 0.1) is 0 Å². The molecule has 3 aromatic rings. The van der Waals surface area contributed by atoms with Gasteiger partial charge in [0.2, 0.25) is 15.8 Å². The van der Waals surface area contributed by atoms with Crippen LogP contribution in [0.3, 0.4) is 0 Å². The molecular formula is C27H33N5O6S. The molecule has 12 heteroatoms. The maximum Gasteiger partial charge on any atom is 0.255 e. The number of aromatic nitrogens is 2. The quantitative estimate of drug-likeness (QED) is 0.379. The number of rotatable bonds is 11. The van der Waals surface area contributed by atoms with Gasteiger partial charge < -0.3 is 24.4 Å². The second kappa shape index (κ2) is 12.8. The smallest absolute Gasteiger partial charge is 0.255 e. The van der Waals surface area contributed by atoms with Crippen molar-refractivity contribution in [1.82, 2.24) is 14.3 Å². The van der Waals surface area contributed by atoms with Gasteiger partial charge in [-0.2, -0.15) is 4.31 Å². The van der Waals surface area contributed by atoms with Crippen molar-refractivity contribution in [1.29, 1.82) is 0 Å². The maximum absolute atomic E-state index is 13.2. The minimum atomic E-state index is -3.69. The van der Waals surface area contributed by atoms with Gasteiger partial charge in [-0.05, 0) is 57.2 Å². The molecule has 2 aromatic carbocycles. The molecule has 39 heavy (non-hydrogen) atoms. The van der Waals surface area contributed by atoms with Crippen LogP contribution in [0.5, 0.6) is 17.2 Å². The fourth-order valence-electron chi connectivity index (χ4n) is 4.19. The molecule has 0 saturated carbocycles. The molecule has 1 aromatic heterocycles. The van der Waals surface area contributed by atoms with Gasteiger partial charge in [0, 0.05) is 49.8 Å². The summed E-state index contributed by atoms with van der Waals surface area (Å²) in [6.45, 7) is 8.44. The number of amides is 1. The summed E-state index contributed by atoms with van der Waals surface area (Å²) in [5, 5.41) is 2.81. The van der Waals surface area contributed by atoms with Crippen LogP contribution in [-0.2, 0) is 10.0 Å². The van der Waals surface area contributed by atoms with E-state index in [-0.39, 0.29) is 4.90 Å². The van der Waals surface area contributed by atoms with Crippen molar-refractivity contribution in [2.75, 3.05) is 56.2 Å². The van der Waals surface area contributed by atoms with Crippen molar-refractivity contribution < 1.29 is 27.4 Å². The average Bonchev–Trinajstić information content (AvgIpc) is 2.95. The summed E-state index contributed by atoms with van der Waals surface area (Å²) in [7, 11) is -3.69. The molecular weight excluding hydrogens is 522 g/mol. The van der Waals surface area contributed by atoms with E-state index in [1.54, 1.807) is 42.9 Å². The lowest BCUT2D eigenvalue weighted by Crippen LogP contribution is -2.48. The molecule has 1 fully saturated rings. The van der Waals surface area contributed by atoms with Gasteiger partial charge in [0.05, 0.1) is 30.9 Å². The van der Waals surface area contributed by atoms with E-state index in [9.17, 15) is 13.2 Å². The number of piperazine rings is 1. The van der Waals surface area contributed by atoms with E-state index in [1.165, 1.54) is 16.4 Å². The normalized spacial score (nSPS) is 14.1. The van der Waals surface area contributed by atoms with E-state index >= 15 is 0 Å². The Labute approximate surface area is 228 Å². The summed E-state index contributed by atoms with van der Waals surface area (Å²) < 4.78 is 45.0. The van der Waals surface area contributed by atoms with Gasteiger partial charge in [-0.25, -0.2) is 13.4 Å². The van der Waals surface area contributed by atoms with Crippen molar-refractivity contribution >= 4 is 27.4 Å². The van der Waals surface area contributed by atoms with Crippen LogP contribution in [0.15, 0.2) is 59.9 Å². The fraction of sp³-hybridized carbons (Fsp3) is 0.370. The molecule has 1 aliphatic heterocycles. The molecule has 0 spiro atoms. The number of hydrogen-bond acceptors (Lipinski definition) is 9. The van der Waals surface area contributed by atoms with E-state index in [4.69, 9.17) is 14.2 Å². The lowest BCUT2D eigenvalue weighted by molar-refractivity contribution is 0.102. The molecule has 4 rings (SSSR count). The Morgan fingerprint density at radius 1 is 0.897 bits per heavy atom. The SMILES string of the molecule is CCOc1cc(C(=O)Nc2ccc(S(=O)(=O)N3CCN(c4cnccn4)CC3)cc2)cc(OCC)c1OCC. The summed E-state index contributed by atoms with van der Waals surface area (Å²) in [4.78, 5) is 23.6. The van der Waals surface area contributed by atoms with Gasteiger partial charge in [-0.3, -0.25) is 9.78 Å². The number of carbonyl (C=O) groups is 1. The summed E-state index contributed by atoms with van der Waals surface area (Å²) >= 11 is 0. The first kappa shape index (κ1) is 28.1. The van der Waals surface area contributed by atoms with Gasteiger partial charge in [0.25, 0.3) is 5.91 Å². The molecule has 1 amide bonds. The highest BCUT2D eigenvalue weighted by Gasteiger charge is 2.29. The Bertz CT molecular complexity index is 1330. The van der Waals surface area contributed by atoms with Crippen molar-refractivity contribution in [3.05, 3.63) is 60.6 Å². The van der Waals surface area contributed by atoms with E-state index in [2.05, 4.69) is 15.3 Å². The van der Waals surface area contributed by atoms with Gasteiger partial charge in [-0.15, -0.1) is 0 Å². The van der Waals surface area contributed by atoms with Crippen LogP contribution in [0.2, 0.25) is 0 Å². The molecule has 0 aliphatic carbocycles. The fourth-order valence-corrected chi connectivity index (χ4v) is 5.62. The van der Waals surface area contributed by atoms with Gasteiger partial charge >= 0.3 is 0 Å². The highest BCUT2D eigenvalue weighted by atomic mass is 32.2. The van der Waals surface area contributed by atoms with E-state index in [1.807, 2.05) is 25.7 Å². The lowest BCUT2D eigenvalue weighted by Gasteiger charge is -2.34. The van der Waals surface area contributed by atoms with Gasteiger partial charge in [0.1, 0.15) is 5.82 Å². The number of carbonyl (C=O) groups excluding carboxylic acids is 1. The first-order valence-electron chi connectivity index (χ1n) is 12.9. The molecule has 0 atom stereocenters. The van der Waals surface area contributed by atoms with E-state index in [0.717, 1.165) is 5.82 Å². The predicted molar refractivity (Wildman–Crippen MR) is 147 cm³/mol. The summed E-state index contributed by atoms with van der Waals surface area (Å²) in [5.41, 5.74) is 0.777. The first-order chi connectivity index (χ1) is 18.9. The molecule has 0 unspecified atom stereocenters. The largest absolute Gasteiger partial charge is 0.490 e. The monoisotopic (exact) mass is 555 g/mol. The molecule has 2 heterocycles. The van der Waals surface area contributed by atoms with Crippen molar-refractivity contribution in [3.8, 4) is 17.2 Å². The van der Waals surface area contributed by atoms with E-state index in [0.29, 0.717) is 74.5 Å². The highest BCUT2D eigenvalue weighted by molar-refractivity contribution is 7.89. The Hall–Kier alpha value is -3.90. The zero-order valence-electron chi connectivity index (χ0n) is 22.3. The second-order valence-corrected chi connectivity index (χ2v) is 10.5. The second-order valence-electron chi connectivity index (χ2n) is 8.53. The number of ether oxygens (including phenoxy) is 3. The van der Waals surface area contributed by atoms with Crippen LogP contribution in [0.1, 0.15) is 31.1 Å². The van der Waals surface area contributed by atoms with Crippen LogP contribution in [0.25, 0.3) is 0 Å². The molecule has 208 valence electrons. The van der Waals surface area contributed by atoms with Crippen LogP contribution >= 0.6 is 0 Å². The first-order valence-corrected chi connectivity index (χ1v) is 14.3. The third kappa shape index (κ3) is 6.58. The summed E-state index contributed by atoms with van der Waals surface area (Å²) in [6, 6.07) is 9.34. The minimum Gasteiger partial charge on any atom is -0.490 e. The topological polar surface area (TPSA) is 123 Å².